The fraction of sp³-hybridized carbons (Fsp3) is 0.586. The normalized spacial score (nSPS) is 22.1. The van der Waals surface area contributed by atoms with Gasteiger partial charge in [-0.05, 0) is 62.9 Å². The summed E-state index contributed by atoms with van der Waals surface area (Å²) >= 11 is 0. The zero-order chi connectivity index (χ0) is 25.6. The smallest absolute Gasteiger partial charge is 0.410 e. The lowest BCUT2D eigenvalue weighted by atomic mass is 9.62. The molecule has 1 amide bonds. The molecular weight excluding hydrogens is 438 g/mol. The average Bonchev–Trinajstić information content (AvgIpc) is 3.27. The maximum atomic E-state index is 12.6. The zero-order valence-corrected chi connectivity index (χ0v) is 22.3. The molecule has 0 bridgehead atoms. The molecular formula is C29H41N3O3. The second kappa shape index (κ2) is 9.21. The number of carbonyl (C=O) groups is 1. The number of ether oxygens (including phenoxy) is 1. The maximum absolute atomic E-state index is 12.6. The van der Waals surface area contributed by atoms with E-state index < -0.39 is 11.2 Å². The van der Waals surface area contributed by atoms with Crippen LogP contribution in [0.3, 0.4) is 0 Å². The van der Waals surface area contributed by atoms with Crippen molar-refractivity contribution in [1.82, 2.24) is 14.8 Å². The van der Waals surface area contributed by atoms with Gasteiger partial charge < -0.3 is 19.6 Å². The molecule has 3 heterocycles. The van der Waals surface area contributed by atoms with E-state index >= 15 is 0 Å². The number of aliphatic hydroxyl groups is 1. The highest BCUT2D eigenvalue weighted by Gasteiger charge is 2.55. The van der Waals surface area contributed by atoms with E-state index in [1.807, 2.05) is 33.2 Å². The Kier molecular flexibility index (Phi) is 6.75. The van der Waals surface area contributed by atoms with Crippen LogP contribution < -0.4 is 0 Å². The van der Waals surface area contributed by atoms with Gasteiger partial charge in [0.2, 0.25) is 0 Å². The molecule has 2 fully saturated rings. The molecule has 35 heavy (non-hydrogen) atoms. The highest BCUT2D eigenvalue weighted by Crippen LogP contribution is 2.50. The van der Waals surface area contributed by atoms with Crippen molar-refractivity contribution in [3.8, 4) is 0 Å². The first-order valence-corrected chi connectivity index (χ1v) is 12.8. The van der Waals surface area contributed by atoms with Crippen LogP contribution in [-0.4, -0.2) is 64.8 Å². The standard InChI is InChI=1S/C29H41N3O3/c1-20(2)21-8-10-24(11-9-21)29(34,28(6)18-31(7)19-28)25-14-23(15-30-16-25)22-12-13-32(17-22)26(33)35-27(3,4)5/h8-11,14-16,20,22,34H,12-13,17-19H2,1-7H3/t22?,29-/m0/s1. The van der Waals surface area contributed by atoms with Crippen molar-refractivity contribution in [2.75, 3.05) is 33.2 Å². The molecule has 1 aromatic carbocycles. The average molecular weight is 480 g/mol. The highest BCUT2D eigenvalue weighted by molar-refractivity contribution is 5.68. The van der Waals surface area contributed by atoms with Crippen LogP contribution in [0.2, 0.25) is 0 Å². The van der Waals surface area contributed by atoms with Gasteiger partial charge in [-0.1, -0.05) is 45.0 Å². The van der Waals surface area contributed by atoms with Gasteiger partial charge >= 0.3 is 6.09 Å². The summed E-state index contributed by atoms with van der Waals surface area (Å²) in [6.45, 7) is 15.0. The van der Waals surface area contributed by atoms with Gasteiger partial charge in [-0.2, -0.15) is 0 Å². The third kappa shape index (κ3) is 4.96. The summed E-state index contributed by atoms with van der Waals surface area (Å²) in [4.78, 5) is 21.2. The number of hydrogen-bond acceptors (Lipinski definition) is 5. The molecule has 1 unspecified atom stereocenters. The Balaban J connectivity index is 1.65. The van der Waals surface area contributed by atoms with Crippen molar-refractivity contribution in [3.63, 3.8) is 0 Å². The minimum atomic E-state index is -1.17. The molecule has 6 heteroatoms. The van der Waals surface area contributed by atoms with Gasteiger partial charge in [0.15, 0.2) is 0 Å². The SMILES string of the molecule is CC(C)c1ccc([C@](O)(c2cncc(C3CCN(C(=O)OC(C)(C)C)C3)c2)C2(C)CN(C)C2)cc1. The van der Waals surface area contributed by atoms with Gasteiger partial charge in [0.25, 0.3) is 0 Å². The number of aromatic nitrogens is 1. The second-order valence-corrected chi connectivity index (χ2v) is 12.1. The molecule has 6 nitrogen and oxygen atoms in total. The quantitative estimate of drug-likeness (QED) is 0.645. The molecule has 2 saturated heterocycles. The molecule has 0 radical (unpaired) electrons. The first kappa shape index (κ1) is 25.6. The zero-order valence-electron chi connectivity index (χ0n) is 22.3. The van der Waals surface area contributed by atoms with Gasteiger partial charge in [0.05, 0.1) is 0 Å². The van der Waals surface area contributed by atoms with Gasteiger partial charge in [-0.3, -0.25) is 4.98 Å². The van der Waals surface area contributed by atoms with Crippen molar-refractivity contribution in [2.45, 2.75) is 71.0 Å². The predicted molar refractivity (Wildman–Crippen MR) is 139 cm³/mol. The first-order valence-electron chi connectivity index (χ1n) is 12.8. The van der Waals surface area contributed by atoms with E-state index in [4.69, 9.17) is 4.74 Å². The molecule has 1 N–H and O–H groups in total. The van der Waals surface area contributed by atoms with Crippen LogP contribution in [0, 0.1) is 5.41 Å². The minimum absolute atomic E-state index is 0.166. The summed E-state index contributed by atoms with van der Waals surface area (Å²) in [7, 11) is 2.09. The topological polar surface area (TPSA) is 65.9 Å². The fourth-order valence-corrected chi connectivity index (χ4v) is 5.75. The number of nitrogens with zero attached hydrogens (tertiary/aromatic N) is 3. The number of carbonyl (C=O) groups excluding carboxylic acids is 1. The van der Waals surface area contributed by atoms with E-state index in [2.05, 4.69) is 68.0 Å². The minimum Gasteiger partial charge on any atom is -0.444 e. The van der Waals surface area contributed by atoms with Crippen molar-refractivity contribution in [2.24, 2.45) is 5.41 Å². The lowest BCUT2D eigenvalue weighted by molar-refractivity contribution is -0.127. The van der Waals surface area contributed by atoms with Crippen LogP contribution in [0.25, 0.3) is 0 Å². The van der Waals surface area contributed by atoms with Gasteiger partial charge in [0.1, 0.15) is 11.2 Å². The van der Waals surface area contributed by atoms with Crippen molar-refractivity contribution in [1.29, 1.82) is 0 Å². The lowest BCUT2D eigenvalue weighted by Gasteiger charge is -2.56. The van der Waals surface area contributed by atoms with E-state index in [0.717, 1.165) is 36.2 Å². The van der Waals surface area contributed by atoms with Crippen LogP contribution in [0.1, 0.15) is 82.1 Å². The Labute approximate surface area is 210 Å². The van der Waals surface area contributed by atoms with Crippen LogP contribution in [0.5, 0.6) is 0 Å². The fourth-order valence-electron chi connectivity index (χ4n) is 5.75. The maximum Gasteiger partial charge on any atom is 0.410 e. The van der Waals surface area contributed by atoms with Crippen molar-refractivity contribution < 1.29 is 14.6 Å². The third-order valence-corrected chi connectivity index (χ3v) is 7.59. The van der Waals surface area contributed by atoms with Crippen LogP contribution in [-0.2, 0) is 10.3 Å². The van der Waals surface area contributed by atoms with Crippen molar-refractivity contribution in [3.05, 3.63) is 65.0 Å². The monoisotopic (exact) mass is 479 g/mol. The molecule has 1 aromatic heterocycles. The molecule has 2 aromatic rings. The molecule has 4 rings (SSSR count). The summed E-state index contributed by atoms with van der Waals surface area (Å²) in [6, 6.07) is 10.5. The Morgan fingerprint density at radius 1 is 1.14 bits per heavy atom. The molecule has 0 spiro atoms. The van der Waals surface area contributed by atoms with Gasteiger partial charge in [-0.25, -0.2) is 4.79 Å². The summed E-state index contributed by atoms with van der Waals surface area (Å²) < 4.78 is 5.57. The molecule has 2 atom stereocenters. The van der Waals surface area contributed by atoms with Crippen LogP contribution >= 0.6 is 0 Å². The number of likely N-dealkylation sites (tertiary alicyclic amines) is 2. The second-order valence-electron chi connectivity index (χ2n) is 12.1. The van der Waals surface area contributed by atoms with E-state index in [9.17, 15) is 9.90 Å². The lowest BCUT2D eigenvalue weighted by Crippen LogP contribution is -2.63. The Bertz CT molecular complexity index is 1050. The van der Waals surface area contributed by atoms with E-state index in [1.54, 1.807) is 4.90 Å². The summed E-state index contributed by atoms with van der Waals surface area (Å²) in [5.41, 5.74) is 2.02. The third-order valence-electron chi connectivity index (χ3n) is 7.59. The first-order chi connectivity index (χ1) is 16.3. The highest BCUT2D eigenvalue weighted by atomic mass is 16.6. The number of rotatable bonds is 5. The van der Waals surface area contributed by atoms with E-state index in [-0.39, 0.29) is 17.4 Å². The number of benzene rings is 1. The summed E-state index contributed by atoms with van der Waals surface area (Å²) in [6.07, 6.45) is 4.27. The van der Waals surface area contributed by atoms with Crippen LogP contribution in [0.4, 0.5) is 4.79 Å². The van der Waals surface area contributed by atoms with Crippen molar-refractivity contribution >= 4 is 6.09 Å². The number of hydrogen-bond donors (Lipinski definition) is 1. The van der Waals surface area contributed by atoms with Gasteiger partial charge in [0, 0.05) is 55.5 Å². The van der Waals surface area contributed by atoms with Crippen LogP contribution in [0.15, 0.2) is 42.7 Å². The van der Waals surface area contributed by atoms with E-state index in [0.29, 0.717) is 19.0 Å². The Morgan fingerprint density at radius 2 is 1.80 bits per heavy atom. The molecule has 2 aliphatic rings. The largest absolute Gasteiger partial charge is 0.444 e. The molecule has 0 aliphatic carbocycles. The van der Waals surface area contributed by atoms with Gasteiger partial charge in [-0.15, -0.1) is 0 Å². The predicted octanol–water partition coefficient (Wildman–Crippen LogP) is 5.12. The Morgan fingerprint density at radius 3 is 2.37 bits per heavy atom. The summed E-state index contributed by atoms with van der Waals surface area (Å²) in [5.74, 6) is 0.599. The molecule has 0 saturated carbocycles. The Hall–Kier alpha value is -2.44. The molecule has 2 aliphatic heterocycles. The molecule has 190 valence electrons. The number of pyridine rings is 1. The van der Waals surface area contributed by atoms with E-state index in [1.165, 1.54) is 5.56 Å². The summed E-state index contributed by atoms with van der Waals surface area (Å²) in [5, 5.41) is 12.5. The number of amides is 1.